The third-order valence-corrected chi connectivity index (χ3v) is 6.95. The number of fused-ring (bicyclic) bond motifs is 6. The van der Waals surface area contributed by atoms with Crippen LogP contribution < -0.4 is 9.46 Å². The third kappa shape index (κ3) is 4.92. The molecule has 6 nitrogen and oxygen atoms in total. The number of halogens is 5. The van der Waals surface area contributed by atoms with E-state index in [1.54, 1.807) is 0 Å². The Kier molecular flexibility index (Phi) is 6.41. The van der Waals surface area contributed by atoms with Gasteiger partial charge in [0.1, 0.15) is 10.7 Å². The Morgan fingerprint density at radius 2 is 1.80 bits per heavy atom. The Balaban J connectivity index is 2.01. The summed E-state index contributed by atoms with van der Waals surface area (Å²) in [6, 6.07) is 8.48. The summed E-state index contributed by atoms with van der Waals surface area (Å²) < 4.78 is 94.0. The quantitative estimate of drug-likeness (QED) is 0.324. The van der Waals surface area contributed by atoms with E-state index in [2.05, 4.69) is 0 Å². The molecule has 35 heavy (non-hydrogen) atoms. The molecule has 0 fully saturated rings. The first-order valence-corrected chi connectivity index (χ1v) is 11.8. The minimum Gasteiger partial charge on any atom is -0.494 e. The molecule has 3 aromatic carbocycles. The lowest BCUT2D eigenvalue weighted by molar-refractivity contribution is -0.136. The summed E-state index contributed by atoms with van der Waals surface area (Å²) in [6.07, 6.45) is -4.81. The largest absolute Gasteiger partial charge is 0.494 e. The molecular formula is C23H16ClF4NO5S. The van der Waals surface area contributed by atoms with E-state index in [-0.39, 0.29) is 40.5 Å². The third-order valence-electron chi connectivity index (χ3n) is 5.30. The molecular weight excluding hydrogens is 514 g/mol. The molecule has 184 valence electrons. The molecule has 12 heteroatoms. The predicted octanol–water partition coefficient (Wildman–Crippen LogP) is 5.69. The Hall–Kier alpha value is -3.31. The molecule has 1 aliphatic heterocycles. The van der Waals surface area contributed by atoms with Crippen LogP contribution in [-0.4, -0.2) is 28.1 Å². The van der Waals surface area contributed by atoms with Gasteiger partial charge in [-0.2, -0.15) is 13.2 Å². The fourth-order valence-electron chi connectivity index (χ4n) is 3.70. The normalized spacial score (nSPS) is 15.3. The number of benzene rings is 3. The minimum absolute atomic E-state index is 0.111. The molecule has 4 rings (SSSR count). The van der Waals surface area contributed by atoms with Crippen LogP contribution in [0.25, 0.3) is 11.1 Å². The molecule has 0 aliphatic carbocycles. The lowest BCUT2D eigenvalue weighted by Crippen LogP contribution is -2.19. The van der Waals surface area contributed by atoms with Crippen molar-refractivity contribution in [3.63, 3.8) is 0 Å². The highest BCUT2D eigenvalue weighted by molar-refractivity contribution is 7.92. The van der Waals surface area contributed by atoms with Crippen LogP contribution in [0.1, 0.15) is 21.5 Å². The highest BCUT2D eigenvalue weighted by Crippen LogP contribution is 2.41. The molecule has 1 N–H and O–H groups in total. The van der Waals surface area contributed by atoms with E-state index >= 15 is 0 Å². The molecule has 0 aromatic heterocycles. The van der Waals surface area contributed by atoms with Crippen molar-refractivity contribution in [1.29, 1.82) is 0 Å². The van der Waals surface area contributed by atoms with Crippen LogP contribution in [0.3, 0.4) is 0 Å². The van der Waals surface area contributed by atoms with Gasteiger partial charge >= 0.3 is 12.1 Å². The zero-order valence-corrected chi connectivity index (χ0v) is 19.4. The summed E-state index contributed by atoms with van der Waals surface area (Å²) in [5, 5.41) is -0.264. The molecule has 1 heterocycles. The monoisotopic (exact) mass is 529 g/mol. The maximum atomic E-state index is 14.0. The predicted molar refractivity (Wildman–Crippen MR) is 120 cm³/mol. The molecule has 0 amide bonds. The van der Waals surface area contributed by atoms with Crippen LogP contribution in [0.5, 0.6) is 5.75 Å². The van der Waals surface area contributed by atoms with E-state index in [0.29, 0.717) is 11.6 Å². The zero-order valence-electron chi connectivity index (χ0n) is 17.9. The summed E-state index contributed by atoms with van der Waals surface area (Å²) in [5.41, 5.74) is -1.52. The number of methoxy groups -OCH3 is 1. The van der Waals surface area contributed by atoms with Crippen molar-refractivity contribution in [3.8, 4) is 16.9 Å². The van der Waals surface area contributed by atoms with Gasteiger partial charge in [0.15, 0.2) is 5.75 Å². The summed E-state index contributed by atoms with van der Waals surface area (Å²) >= 11 is 6.10. The van der Waals surface area contributed by atoms with Crippen LogP contribution >= 0.6 is 11.6 Å². The van der Waals surface area contributed by atoms with E-state index < -0.39 is 44.1 Å². The van der Waals surface area contributed by atoms with Crippen LogP contribution in [-0.2, 0) is 27.4 Å². The second-order valence-corrected chi connectivity index (χ2v) is 9.60. The van der Waals surface area contributed by atoms with Gasteiger partial charge in [0.05, 0.1) is 35.6 Å². The highest BCUT2D eigenvalue weighted by Gasteiger charge is 2.36. The van der Waals surface area contributed by atoms with E-state index in [9.17, 15) is 30.8 Å². The zero-order chi connectivity index (χ0) is 25.5. The van der Waals surface area contributed by atoms with Crippen molar-refractivity contribution >= 4 is 33.3 Å². The highest BCUT2D eigenvalue weighted by atomic mass is 35.5. The number of nitrogens with one attached hydrogen (secondary N) is 1. The number of esters is 1. The number of cyclic esters (lactones) is 1. The Morgan fingerprint density at radius 3 is 2.49 bits per heavy atom. The molecule has 4 bridgehead atoms. The van der Waals surface area contributed by atoms with Crippen molar-refractivity contribution in [2.75, 3.05) is 18.4 Å². The van der Waals surface area contributed by atoms with Crippen LogP contribution in [0.4, 0.5) is 23.2 Å². The van der Waals surface area contributed by atoms with Gasteiger partial charge in [-0.15, -0.1) is 0 Å². The second kappa shape index (κ2) is 9.04. The first kappa shape index (κ1) is 24.8. The van der Waals surface area contributed by atoms with Crippen molar-refractivity contribution in [2.45, 2.75) is 17.5 Å². The Morgan fingerprint density at radius 1 is 1.06 bits per heavy atom. The fourth-order valence-corrected chi connectivity index (χ4v) is 5.34. The molecule has 0 unspecified atom stereocenters. The number of carbonyl (C=O) groups is 1. The van der Waals surface area contributed by atoms with E-state index in [1.807, 2.05) is 4.72 Å². The SMILES string of the molecule is COc1c(Cl)cc2cc1S(=O)(=O)Nc1cc(ccc1C(F)(F)F)-c1cc(F)ccc1CCOC2=O. The molecule has 0 saturated heterocycles. The molecule has 0 radical (unpaired) electrons. The first-order chi connectivity index (χ1) is 16.4. The van der Waals surface area contributed by atoms with Crippen molar-refractivity contribution < 1.29 is 40.2 Å². The summed E-state index contributed by atoms with van der Waals surface area (Å²) in [7, 11) is -3.65. The Labute approximate surface area is 202 Å². The number of carbonyl (C=O) groups excluding carboxylic acids is 1. The standard InChI is InChI=1S/C23H16ClF4NO5S/c1-33-21-18(24)8-14-10-20(21)35(31,32)29-19-9-13(3-5-17(19)23(26,27)28)16-11-15(25)4-2-12(16)6-7-34-22(14)30/h2-5,8-11,29H,6-7H2,1H3. The number of ether oxygens (including phenoxy) is 2. The van der Waals surface area contributed by atoms with Gasteiger partial charge in [-0.25, -0.2) is 17.6 Å². The summed E-state index contributed by atoms with van der Waals surface area (Å²) in [4.78, 5) is 11.9. The average Bonchev–Trinajstić information content (AvgIpc) is 2.77. The van der Waals surface area contributed by atoms with Gasteiger partial charge in [-0.05, 0) is 53.1 Å². The first-order valence-electron chi connectivity index (χ1n) is 9.98. The van der Waals surface area contributed by atoms with E-state index in [1.165, 1.54) is 6.07 Å². The minimum atomic E-state index is -4.92. The molecule has 3 aromatic rings. The second-order valence-electron chi connectivity index (χ2n) is 7.54. The van der Waals surface area contributed by atoms with Crippen molar-refractivity contribution in [2.24, 2.45) is 0 Å². The average molecular weight is 530 g/mol. The van der Waals surface area contributed by atoms with Crippen LogP contribution in [0.2, 0.25) is 5.02 Å². The van der Waals surface area contributed by atoms with Gasteiger partial charge in [0.2, 0.25) is 0 Å². The van der Waals surface area contributed by atoms with Gasteiger partial charge < -0.3 is 9.47 Å². The maximum absolute atomic E-state index is 14.0. The van der Waals surface area contributed by atoms with Crippen LogP contribution in [0, 0.1) is 5.82 Å². The molecule has 0 saturated carbocycles. The lowest BCUT2D eigenvalue weighted by atomic mass is 9.96. The van der Waals surface area contributed by atoms with E-state index in [4.69, 9.17) is 21.1 Å². The number of alkyl halides is 3. The van der Waals surface area contributed by atoms with Gasteiger partial charge in [0.25, 0.3) is 10.0 Å². The molecule has 0 atom stereocenters. The number of hydrogen-bond donors (Lipinski definition) is 1. The topological polar surface area (TPSA) is 81.7 Å². The fraction of sp³-hybridized carbons (Fsp3) is 0.174. The maximum Gasteiger partial charge on any atom is 0.418 e. The van der Waals surface area contributed by atoms with E-state index in [0.717, 1.165) is 43.5 Å². The van der Waals surface area contributed by atoms with Gasteiger partial charge in [-0.1, -0.05) is 23.7 Å². The summed E-state index contributed by atoms with van der Waals surface area (Å²) in [6.45, 7) is -0.172. The number of hydrogen-bond acceptors (Lipinski definition) is 5. The van der Waals surface area contributed by atoms with Crippen LogP contribution in [0.15, 0.2) is 53.4 Å². The van der Waals surface area contributed by atoms with Crippen molar-refractivity contribution in [1.82, 2.24) is 0 Å². The number of sulfonamides is 1. The lowest BCUT2D eigenvalue weighted by Gasteiger charge is -2.19. The smallest absolute Gasteiger partial charge is 0.418 e. The summed E-state index contributed by atoms with van der Waals surface area (Å²) in [5.74, 6) is -1.94. The van der Waals surface area contributed by atoms with Gasteiger partial charge in [0, 0.05) is 6.42 Å². The number of rotatable bonds is 1. The van der Waals surface area contributed by atoms with Crippen molar-refractivity contribution in [3.05, 3.63) is 76.1 Å². The van der Waals surface area contributed by atoms with Gasteiger partial charge in [-0.3, -0.25) is 4.72 Å². The molecule has 1 aliphatic rings. The molecule has 0 spiro atoms. The Bertz CT molecular complexity index is 1440. The number of anilines is 1.